The van der Waals surface area contributed by atoms with Crippen molar-refractivity contribution in [2.75, 3.05) is 24.2 Å². The SMILES string of the molecule is CC[C@@H](NC(=O)CCCN(c1cc(Cl)ccc1Cl)S(C)(=O)=O)c1ccc(OC)cc1. The predicted octanol–water partition coefficient (Wildman–Crippen LogP) is 4.82. The van der Waals surface area contributed by atoms with Crippen LogP contribution in [0.3, 0.4) is 0 Å². The third kappa shape index (κ3) is 6.79. The first-order chi connectivity index (χ1) is 14.2. The molecule has 6 nitrogen and oxygen atoms in total. The summed E-state index contributed by atoms with van der Waals surface area (Å²) in [6, 6.07) is 12.0. The van der Waals surface area contributed by atoms with Gasteiger partial charge in [0.1, 0.15) is 5.75 Å². The Morgan fingerprint density at radius 1 is 1.17 bits per heavy atom. The van der Waals surface area contributed by atoms with E-state index in [2.05, 4.69) is 5.32 Å². The molecule has 0 aliphatic heterocycles. The lowest BCUT2D eigenvalue weighted by Crippen LogP contribution is -2.33. The number of nitrogens with zero attached hydrogens (tertiary/aromatic N) is 1. The molecule has 2 rings (SSSR count). The van der Waals surface area contributed by atoms with Gasteiger partial charge in [-0.3, -0.25) is 9.10 Å². The number of halogens is 2. The maximum absolute atomic E-state index is 12.4. The molecule has 0 spiro atoms. The van der Waals surface area contributed by atoms with Gasteiger partial charge in [-0.1, -0.05) is 42.3 Å². The van der Waals surface area contributed by atoms with Gasteiger partial charge in [0.05, 0.1) is 30.1 Å². The van der Waals surface area contributed by atoms with Gasteiger partial charge in [0, 0.05) is 18.0 Å². The van der Waals surface area contributed by atoms with Crippen molar-refractivity contribution in [1.29, 1.82) is 0 Å². The molecular weight excluding hydrogens is 447 g/mol. The van der Waals surface area contributed by atoms with Crippen molar-refractivity contribution in [3.8, 4) is 5.75 Å². The molecule has 1 N–H and O–H groups in total. The number of carbonyl (C=O) groups is 1. The summed E-state index contributed by atoms with van der Waals surface area (Å²) in [5.41, 5.74) is 1.28. The fourth-order valence-electron chi connectivity index (χ4n) is 3.05. The minimum absolute atomic E-state index is 0.117. The van der Waals surface area contributed by atoms with E-state index in [0.717, 1.165) is 24.0 Å². The maximum Gasteiger partial charge on any atom is 0.232 e. The average molecular weight is 473 g/mol. The molecule has 9 heteroatoms. The van der Waals surface area contributed by atoms with Crippen molar-refractivity contribution in [1.82, 2.24) is 5.32 Å². The zero-order valence-electron chi connectivity index (χ0n) is 17.2. The summed E-state index contributed by atoms with van der Waals surface area (Å²) in [5.74, 6) is 0.601. The number of benzene rings is 2. The molecule has 0 saturated heterocycles. The Morgan fingerprint density at radius 2 is 1.83 bits per heavy atom. The van der Waals surface area contributed by atoms with E-state index in [4.69, 9.17) is 27.9 Å². The van der Waals surface area contributed by atoms with Crippen molar-refractivity contribution < 1.29 is 17.9 Å². The van der Waals surface area contributed by atoms with Crippen LogP contribution in [0.5, 0.6) is 5.75 Å². The van der Waals surface area contributed by atoms with Crippen LogP contribution in [0, 0.1) is 0 Å². The van der Waals surface area contributed by atoms with Gasteiger partial charge in [-0.2, -0.15) is 0 Å². The smallest absolute Gasteiger partial charge is 0.232 e. The van der Waals surface area contributed by atoms with Gasteiger partial charge in [-0.15, -0.1) is 0 Å². The molecule has 0 fully saturated rings. The van der Waals surface area contributed by atoms with E-state index in [1.165, 1.54) is 10.4 Å². The second-order valence-corrected chi connectivity index (χ2v) is 9.59. The average Bonchev–Trinajstić information content (AvgIpc) is 2.70. The third-order valence-corrected chi connectivity index (χ3v) is 6.34. The summed E-state index contributed by atoms with van der Waals surface area (Å²) in [4.78, 5) is 12.4. The minimum atomic E-state index is -3.59. The number of hydrogen-bond acceptors (Lipinski definition) is 4. The molecule has 1 amide bonds. The zero-order valence-corrected chi connectivity index (χ0v) is 19.5. The predicted molar refractivity (Wildman–Crippen MR) is 122 cm³/mol. The highest BCUT2D eigenvalue weighted by molar-refractivity contribution is 7.92. The van der Waals surface area contributed by atoms with E-state index in [9.17, 15) is 13.2 Å². The van der Waals surface area contributed by atoms with E-state index in [1.54, 1.807) is 19.2 Å². The van der Waals surface area contributed by atoms with Crippen molar-refractivity contribution >= 4 is 44.8 Å². The molecule has 0 aliphatic rings. The summed E-state index contributed by atoms with van der Waals surface area (Å²) in [5, 5.41) is 3.66. The van der Waals surface area contributed by atoms with Crippen LogP contribution in [0.15, 0.2) is 42.5 Å². The summed E-state index contributed by atoms with van der Waals surface area (Å²) >= 11 is 12.2. The van der Waals surface area contributed by atoms with Crippen molar-refractivity contribution in [3.63, 3.8) is 0 Å². The highest BCUT2D eigenvalue weighted by atomic mass is 35.5. The molecule has 2 aromatic carbocycles. The Kier molecular flexibility index (Phi) is 8.82. The molecule has 0 aromatic heterocycles. The molecule has 0 bridgehead atoms. The normalized spacial score (nSPS) is 12.3. The second kappa shape index (κ2) is 10.9. The van der Waals surface area contributed by atoms with Crippen LogP contribution in [0.1, 0.15) is 37.8 Å². The number of hydrogen-bond donors (Lipinski definition) is 1. The van der Waals surface area contributed by atoms with Crippen LogP contribution in [0.2, 0.25) is 10.0 Å². The molecule has 164 valence electrons. The number of carbonyl (C=O) groups excluding carboxylic acids is 1. The van der Waals surface area contributed by atoms with Crippen molar-refractivity contribution in [2.24, 2.45) is 0 Å². The Morgan fingerprint density at radius 3 is 2.40 bits per heavy atom. The highest BCUT2D eigenvalue weighted by Crippen LogP contribution is 2.31. The number of amides is 1. The van der Waals surface area contributed by atoms with Gasteiger partial charge in [-0.25, -0.2) is 8.42 Å². The summed E-state index contributed by atoms with van der Waals surface area (Å²) < 4.78 is 30.8. The van der Waals surface area contributed by atoms with Gasteiger partial charge in [0.15, 0.2) is 0 Å². The quantitative estimate of drug-likeness (QED) is 0.537. The van der Waals surface area contributed by atoms with Gasteiger partial charge >= 0.3 is 0 Å². The Hall–Kier alpha value is -1.96. The van der Waals surface area contributed by atoms with E-state index in [0.29, 0.717) is 17.1 Å². The van der Waals surface area contributed by atoms with Crippen LogP contribution in [0.25, 0.3) is 0 Å². The Bertz CT molecular complexity index is 965. The van der Waals surface area contributed by atoms with Gasteiger partial charge < -0.3 is 10.1 Å². The molecule has 0 aliphatic carbocycles. The molecule has 1 atom stereocenters. The van der Waals surface area contributed by atoms with Gasteiger partial charge in [-0.05, 0) is 48.7 Å². The largest absolute Gasteiger partial charge is 0.497 e. The molecule has 30 heavy (non-hydrogen) atoms. The van der Waals surface area contributed by atoms with E-state index < -0.39 is 10.0 Å². The van der Waals surface area contributed by atoms with Crippen LogP contribution >= 0.6 is 23.2 Å². The molecule has 0 heterocycles. The number of anilines is 1. The minimum Gasteiger partial charge on any atom is -0.497 e. The van der Waals surface area contributed by atoms with Gasteiger partial charge in [0.2, 0.25) is 15.9 Å². The topological polar surface area (TPSA) is 75.7 Å². The highest BCUT2D eigenvalue weighted by Gasteiger charge is 2.21. The standard InChI is InChI=1S/C21H26Cl2N2O4S/c1-4-19(15-7-10-17(29-2)11-8-15)24-21(26)6-5-13-25(30(3,27)28)20-14-16(22)9-12-18(20)23/h7-12,14,19H,4-6,13H2,1-3H3,(H,24,26)/t19-/m1/s1. The lowest BCUT2D eigenvalue weighted by Gasteiger charge is -2.24. The number of ether oxygens (including phenoxy) is 1. The van der Waals surface area contributed by atoms with E-state index in [1.807, 2.05) is 31.2 Å². The van der Waals surface area contributed by atoms with Crippen molar-refractivity contribution in [2.45, 2.75) is 32.2 Å². The lowest BCUT2D eigenvalue weighted by atomic mass is 10.0. The first-order valence-electron chi connectivity index (χ1n) is 9.51. The number of nitrogens with one attached hydrogen (secondary N) is 1. The molecule has 2 aromatic rings. The Labute approximate surface area is 188 Å². The second-order valence-electron chi connectivity index (χ2n) is 6.84. The molecular formula is C21H26Cl2N2O4S. The fourth-order valence-corrected chi connectivity index (χ4v) is 4.45. The maximum atomic E-state index is 12.4. The summed E-state index contributed by atoms with van der Waals surface area (Å²) in [6.45, 7) is 2.10. The zero-order chi connectivity index (χ0) is 22.3. The Balaban J connectivity index is 2.00. The first-order valence-corrected chi connectivity index (χ1v) is 12.1. The monoisotopic (exact) mass is 472 g/mol. The number of methoxy groups -OCH3 is 1. The molecule has 0 saturated carbocycles. The molecule has 0 unspecified atom stereocenters. The molecule has 0 radical (unpaired) electrons. The van der Waals surface area contributed by atoms with Gasteiger partial charge in [0.25, 0.3) is 0 Å². The van der Waals surface area contributed by atoms with Crippen molar-refractivity contribution in [3.05, 3.63) is 58.1 Å². The van der Waals surface area contributed by atoms with Crippen LogP contribution in [-0.4, -0.2) is 34.2 Å². The number of sulfonamides is 1. The third-order valence-electron chi connectivity index (χ3n) is 4.60. The number of rotatable bonds is 10. The summed E-state index contributed by atoms with van der Waals surface area (Å²) in [6.07, 6.45) is 2.34. The van der Waals surface area contributed by atoms with Crippen LogP contribution in [0.4, 0.5) is 5.69 Å². The van der Waals surface area contributed by atoms with Crippen LogP contribution in [-0.2, 0) is 14.8 Å². The lowest BCUT2D eigenvalue weighted by molar-refractivity contribution is -0.121. The summed E-state index contributed by atoms with van der Waals surface area (Å²) in [7, 11) is -1.98. The fraction of sp³-hybridized carbons (Fsp3) is 0.381. The van der Waals surface area contributed by atoms with E-state index in [-0.39, 0.29) is 29.9 Å². The van der Waals surface area contributed by atoms with E-state index >= 15 is 0 Å². The van der Waals surface area contributed by atoms with Crippen LogP contribution < -0.4 is 14.4 Å². The first kappa shape index (κ1) is 24.3.